The van der Waals surface area contributed by atoms with E-state index in [2.05, 4.69) is 34.1 Å². The molecule has 2 aromatic carbocycles. The molecule has 0 saturated carbocycles. The van der Waals surface area contributed by atoms with Crippen molar-refractivity contribution < 1.29 is 14.3 Å². The number of amides is 1. The Labute approximate surface area is 172 Å². The van der Waals surface area contributed by atoms with E-state index in [0.717, 1.165) is 50.7 Å². The van der Waals surface area contributed by atoms with Gasteiger partial charge in [0.25, 0.3) is 0 Å². The first-order chi connectivity index (χ1) is 14.2. The Balaban J connectivity index is 1.49. The first-order valence-corrected chi connectivity index (χ1v) is 10.2. The van der Waals surface area contributed by atoms with Crippen LogP contribution in [0.1, 0.15) is 12.0 Å². The quantitative estimate of drug-likeness (QED) is 0.753. The minimum Gasteiger partial charge on any atom is -0.495 e. The molecule has 1 atom stereocenters. The third kappa shape index (κ3) is 4.09. The van der Waals surface area contributed by atoms with E-state index >= 15 is 0 Å². The van der Waals surface area contributed by atoms with E-state index in [1.807, 2.05) is 36.2 Å². The number of benzene rings is 2. The second-order valence-electron chi connectivity index (χ2n) is 7.61. The van der Waals surface area contributed by atoms with Gasteiger partial charge in [-0.05, 0) is 37.2 Å². The van der Waals surface area contributed by atoms with Crippen molar-refractivity contribution in [3.63, 3.8) is 0 Å². The first-order valence-electron chi connectivity index (χ1n) is 10.2. The van der Waals surface area contributed by atoms with Crippen molar-refractivity contribution in [2.75, 3.05) is 56.8 Å². The maximum absolute atomic E-state index is 13.2. The lowest BCUT2D eigenvalue weighted by atomic mass is 10.1. The van der Waals surface area contributed by atoms with Gasteiger partial charge >= 0.3 is 0 Å². The molecule has 2 aliphatic heterocycles. The Hall–Kier alpha value is -2.57. The van der Waals surface area contributed by atoms with Crippen LogP contribution in [0.4, 0.5) is 11.4 Å². The van der Waals surface area contributed by atoms with E-state index in [1.54, 1.807) is 7.11 Å². The Morgan fingerprint density at radius 1 is 1.03 bits per heavy atom. The molecule has 0 aliphatic carbocycles. The molecule has 2 fully saturated rings. The maximum Gasteiger partial charge on any atom is 0.244 e. The molecule has 1 unspecified atom stereocenters. The van der Waals surface area contributed by atoms with Gasteiger partial charge in [0, 0.05) is 31.9 Å². The van der Waals surface area contributed by atoms with Crippen molar-refractivity contribution in [3.8, 4) is 5.75 Å². The monoisotopic (exact) mass is 395 g/mol. The van der Waals surface area contributed by atoms with E-state index < -0.39 is 0 Å². The second-order valence-corrected chi connectivity index (χ2v) is 7.61. The average Bonchev–Trinajstić information content (AvgIpc) is 3.16. The van der Waals surface area contributed by atoms with Crippen molar-refractivity contribution in [1.82, 2.24) is 4.90 Å². The summed E-state index contributed by atoms with van der Waals surface area (Å²) in [6.45, 7) is 4.79. The van der Waals surface area contributed by atoms with Crippen molar-refractivity contribution in [2.24, 2.45) is 0 Å². The molecule has 4 rings (SSSR count). The molecule has 2 saturated heterocycles. The summed E-state index contributed by atoms with van der Waals surface area (Å²) < 4.78 is 11.0. The smallest absolute Gasteiger partial charge is 0.244 e. The molecule has 0 spiro atoms. The number of hydrogen-bond acceptors (Lipinski definition) is 5. The predicted octanol–water partition coefficient (Wildman–Crippen LogP) is 2.77. The minimum atomic E-state index is -0.127. The number of anilines is 2. The summed E-state index contributed by atoms with van der Waals surface area (Å²) in [4.78, 5) is 19.6. The van der Waals surface area contributed by atoms with Gasteiger partial charge in [-0.2, -0.15) is 0 Å². The van der Waals surface area contributed by atoms with Crippen LogP contribution in [0.5, 0.6) is 5.75 Å². The number of morpholine rings is 1. The first kappa shape index (κ1) is 19.7. The topological polar surface area (TPSA) is 45.2 Å². The zero-order valence-electron chi connectivity index (χ0n) is 17.2. The lowest BCUT2D eigenvalue weighted by molar-refractivity contribution is -0.121. The lowest BCUT2D eigenvalue weighted by Crippen LogP contribution is -2.40. The molecule has 1 amide bonds. The Morgan fingerprint density at radius 2 is 1.72 bits per heavy atom. The van der Waals surface area contributed by atoms with Crippen LogP contribution in [0.25, 0.3) is 0 Å². The Morgan fingerprint density at radius 3 is 2.48 bits per heavy atom. The maximum atomic E-state index is 13.2. The highest BCUT2D eigenvalue weighted by atomic mass is 16.5. The van der Waals surface area contributed by atoms with Crippen molar-refractivity contribution in [3.05, 3.63) is 54.1 Å². The third-order valence-electron chi connectivity index (χ3n) is 5.85. The number of hydrogen-bond donors (Lipinski definition) is 0. The van der Waals surface area contributed by atoms with Gasteiger partial charge in [-0.3, -0.25) is 9.69 Å². The largest absolute Gasteiger partial charge is 0.495 e. The highest BCUT2D eigenvalue weighted by molar-refractivity contribution is 6.00. The van der Waals surface area contributed by atoms with Crippen LogP contribution >= 0.6 is 0 Å². The number of rotatable bonds is 6. The number of likely N-dealkylation sites (N-methyl/N-ethyl adjacent to an activating group) is 1. The summed E-state index contributed by atoms with van der Waals surface area (Å²) in [7, 11) is 3.69. The molecule has 2 aliphatic rings. The summed E-state index contributed by atoms with van der Waals surface area (Å²) in [5.41, 5.74) is 3.35. The number of ether oxygens (including phenoxy) is 2. The molecule has 2 aromatic rings. The van der Waals surface area contributed by atoms with Crippen LogP contribution in [0.2, 0.25) is 0 Å². The average molecular weight is 396 g/mol. The van der Waals surface area contributed by atoms with Crippen LogP contribution in [-0.4, -0.2) is 63.9 Å². The van der Waals surface area contributed by atoms with Gasteiger partial charge in [0.15, 0.2) is 0 Å². The number of carbonyl (C=O) groups excluding carboxylic acids is 1. The fourth-order valence-electron chi connectivity index (χ4n) is 4.30. The van der Waals surface area contributed by atoms with Gasteiger partial charge in [-0.15, -0.1) is 0 Å². The van der Waals surface area contributed by atoms with Crippen LogP contribution in [0.15, 0.2) is 48.5 Å². The summed E-state index contributed by atoms with van der Waals surface area (Å²) in [5.74, 6) is 0.877. The van der Waals surface area contributed by atoms with Gasteiger partial charge in [0.1, 0.15) is 5.75 Å². The lowest BCUT2D eigenvalue weighted by Gasteiger charge is -2.32. The van der Waals surface area contributed by atoms with Crippen LogP contribution in [-0.2, 0) is 16.1 Å². The summed E-state index contributed by atoms with van der Waals surface area (Å²) in [6, 6.07) is 16.1. The van der Waals surface area contributed by atoms with Gasteiger partial charge in [0.2, 0.25) is 5.91 Å². The van der Waals surface area contributed by atoms with E-state index in [9.17, 15) is 4.79 Å². The summed E-state index contributed by atoms with van der Waals surface area (Å²) in [6.07, 6.45) is 0.813. The molecular weight excluding hydrogens is 366 g/mol. The summed E-state index contributed by atoms with van der Waals surface area (Å²) >= 11 is 0. The fraction of sp³-hybridized carbons (Fsp3) is 0.435. The zero-order chi connectivity index (χ0) is 20.2. The van der Waals surface area contributed by atoms with Crippen LogP contribution in [0, 0.1) is 0 Å². The van der Waals surface area contributed by atoms with Crippen LogP contribution in [0.3, 0.4) is 0 Å². The molecule has 6 heteroatoms. The molecule has 29 heavy (non-hydrogen) atoms. The number of para-hydroxylation sites is 3. The Bertz CT molecular complexity index is 851. The van der Waals surface area contributed by atoms with Gasteiger partial charge in [-0.1, -0.05) is 30.3 Å². The summed E-state index contributed by atoms with van der Waals surface area (Å²) in [5, 5.41) is 0. The van der Waals surface area contributed by atoms with E-state index in [4.69, 9.17) is 9.47 Å². The molecule has 0 aromatic heterocycles. The fourth-order valence-corrected chi connectivity index (χ4v) is 4.30. The highest BCUT2D eigenvalue weighted by Crippen LogP contribution is 2.33. The molecule has 154 valence electrons. The highest BCUT2D eigenvalue weighted by Gasteiger charge is 2.36. The third-order valence-corrected chi connectivity index (χ3v) is 5.85. The molecule has 0 bridgehead atoms. The van der Waals surface area contributed by atoms with Crippen molar-refractivity contribution >= 4 is 17.3 Å². The van der Waals surface area contributed by atoms with Crippen molar-refractivity contribution in [2.45, 2.75) is 19.0 Å². The van der Waals surface area contributed by atoms with Crippen LogP contribution < -0.4 is 14.5 Å². The predicted molar refractivity (Wildman–Crippen MR) is 115 cm³/mol. The SMILES string of the molecule is COc1ccccc1N1CCC(N(C)Cc2ccccc2N2CCOCC2)C1=O. The van der Waals surface area contributed by atoms with Gasteiger partial charge in [0.05, 0.1) is 32.1 Å². The molecule has 2 heterocycles. The molecule has 6 nitrogen and oxygen atoms in total. The molecular formula is C23H29N3O3. The van der Waals surface area contributed by atoms with Gasteiger partial charge < -0.3 is 19.3 Å². The van der Waals surface area contributed by atoms with E-state index in [-0.39, 0.29) is 11.9 Å². The zero-order valence-corrected chi connectivity index (χ0v) is 17.2. The minimum absolute atomic E-state index is 0.127. The normalized spacial score (nSPS) is 19.8. The van der Waals surface area contributed by atoms with E-state index in [0.29, 0.717) is 6.54 Å². The van der Waals surface area contributed by atoms with Crippen molar-refractivity contribution in [1.29, 1.82) is 0 Å². The molecule has 0 N–H and O–H groups in total. The number of nitrogens with zero attached hydrogens (tertiary/aromatic N) is 3. The second kappa shape index (κ2) is 8.84. The Kier molecular flexibility index (Phi) is 6.02. The number of carbonyl (C=O) groups is 1. The molecule has 0 radical (unpaired) electrons. The standard InChI is InChI=1S/C23H29N3O3/c1-24(17-18-7-3-4-8-19(18)25-13-15-29-16-14-25)21-11-12-26(23(21)27)20-9-5-6-10-22(20)28-2/h3-10,21H,11-17H2,1-2H3. The van der Waals surface area contributed by atoms with Gasteiger partial charge in [-0.25, -0.2) is 0 Å². The number of methoxy groups -OCH3 is 1. The van der Waals surface area contributed by atoms with E-state index in [1.165, 1.54) is 11.3 Å².